The number of aryl methyl sites for hydroxylation is 1. The van der Waals surface area contributed by atoms with E-state index in [-0.39, 0.29) is 11.9 Å². The minimum atomic E-state index is -0.0171. The van der Waals surface area contributed by atoms with Crippen molar-refractivity contribution in [3.63, 3.8) is 0 Å². The summed E-state index contributed by atoms with van der Waals surface area (Å²) >= 11 is 0. The number of carbonyl (C=O) groups is 1. The highest BCUT2D eigenvalue weighted by Crippen LogP contribution is 2.22. The quantitative estimate of drug-likeness (QED) is 0.607. The molecule has 4 heteroatoms. The van der Waals surface area contributed by atoms with Crippen molar-refractivity contribution in [1.29, 1.82) is 0 Å². The van der Waals surface area contributed by atoms with Crippen LogP contribution in [0.4, 0.5) is 0 Å². The number of carbonyl (C=O) groups excluding carboxylic acids is 1. The smallest absolute Gasteiger partial charge is 0.237 e. The monoisotopic (exact) mass is 356 g/mol. The molecule has 2 heterocycles. The van der Waals surface area contributed by atoms with Crippen LogP contribution in [0.25, 0.3) is 11.0 Å². The summed E-state index contributed by atoms with van der Waals surface area (Å²) < 4.78 is 5.96. The van der Waals surface area contributed by atoms with Crippen molar-refractivity contribution in [3.05, 3.63) is 35.6 Å². The molecular weight excluding hydrogens is 324 g/mol. The van der Waals surface area contributed by atoms with Crippen LogP contribution < -0.4 is 10.6 Å². The molecule has 1 unspecified atom stereocenters. The fraction of sp³-hybridized carbons (Fsp3) is 0.591. The Morgan fingerprint density at radius 3 is 2.85 bits per heavy atom. The zero-order valence-corrected chi connectivity index (χ0v) is 16.0. The topological polar surface area (TPSA) is 54.3 Å². The van der Waals surface area contributed by atoms with E-state index in [0.717, 1.165) is 48.1 Å². The van der Waals surface area contributed by atoms with E-state index in [0.29, 0.717) is 6.54 Å². The lowest BCUT2D eigenvalue weighted by atomic mass is 10.1. The number of hydrogen-bond acceptors (Lipinski definition) is 3. The molecule has 2 aromatic rings. The predicted octanol–water partition coefficient (Wildman–Crippen LogP) is 4.70. The molecule has 0 aliphatic carbocycles. The van der Waals surface area contributed by atoms with Gasteiger partial charge in [-0.1, -0.05) is 45.1 Å². The number of amides is 1. The number of furan rings is 1. The highest BCUT2D eigenvalue weighted by molar-refractivity contribution is 5.82. The Hall–Kier alpha value is -1.81. The summed E-state index contributed by atoms with van der Waals surface area (Å²) in [6.45, 7) is 3.77. The summed E-state index contributed by atoms with van der Waals surface area (Å²) in [6, 6.07) is 8.34. The van der Waals surface area contributed by atoms with Crippen LogP contribution in [0, 0.1) is 0 Å². The molecule has 142 valence electrons. The van der Waals surface area contributed by atoms with Crippen molar-refractivity contribution in [1.82, 2.24) is 10.6 Å². The number of fused-ring (bicyclic) bond motifs is 1. The van der Waals surface area contributed by atoms with E-state index in [2.05, 4.69) is 29.7 Å². The Bertz CT molecular complexity index is 701. The van der Waals surface area contributed by atoms with Gasteiger partial charge in [0.2, 0.25) is 5.91 Å². The van der Waals surface area contributed by atoms with E-state index >= 15 is 0 Å². The van der Waals surface area contributed by atoms with Crippen LogP contribution in [-0.2, 0) is 17.8 Å². The molecule has 1 aromatic heterocycles. The molecule has 1 aliphatic rings. The maximum atomic E-state index is 12.1. The normalized spacial score (nSPS) is 17.0. The van der Waals surface area contributed by atoms with E-state index < -0.39 is 0 Å². The molecule has 0 bridgehead atoms. The second-order valence-corrected chi connectivity index (χ2v) is 7.47. The SMILES string of the molecule is CCCCCCCCc1cc2cc(CNC(=O)C3CCCN3)ccc2o1. The second kappa shape index (κ2) is 9.77. The molecule has 0 radical (unpaired) electrons. The number of hydrogen-bond donors (Lipinski definition) is 2. The Kier molecular flexibility index (Phi) is 7.13. The molecule has 0 spiro atoms. The van der Waals surface area contributed by atoms with Gasteiger partial charge >= 0.3 is 0 Å². The van der Waals surface area contributed by atoms with Gasteiger partial charge in [0.15, 0.2) is 0 Å². The van der Waals surface area contributed by atoms with Crippen molar-refractivity contribution in [2.45, 2.75) is 77.3 Å². The van der Waals surface area contributed by atoms with Gasteiger partial charge in [-0.25, -0.2) is 0 Å². The molecule has 3 rings (SSSR count). The first-order chi connectivity index (χ1) is 12.8. The van der Waals surface area contributed by atoms with Gasteiger partial charge in [0.25, 0.3) is 0 Å². The van der Waals surface area contributed by atoms with E-state index in [1.807, 2.05) is 12.1 Å². The number of unbranched alkanes of at least 4 members (excludes halogenated alkanes) is 5. The van der Waals surface area contributed by atoms with Crippen LogP contribution >= 0.6 is 0 Å². The summed E-state index contributed by atoms with van der Waals surface area (Å²) in [7, 11) is 0. The first-order valence-electron chi connectivity index (χ1n) is 10.3. The highest BCUT2D eigenvalue weighted by Gasteiger charge is 2.21. The molecule has 0 saturated carbocycles. The molecule has 4 nitrogen and oxygen atoms in total. The summed E-state index contributed by atoms with van der Waals surface area (Å²) in [5, 5.41) is 7.41. The standard InChI is InChI=1S/C22H32N2O2/c1-2-3-4-5-6-7-9-19-15-18-14-17(11-12-21(18)26-19)16-24-22(25)20-10-8-13-23-20/h11-12,14-15,20,23H,2-10,13,16H2,1H3,(H,24,25). The van der Waals surface area contributed by atoms with Gasteiger partial charge in [0, 0.05) is 18.4 Å². The fourth-order valence-electron chi connectivity index (χ4n) is 3.68. The van der Waals surface area contributed by atoms with Crippen molar-refractivity contribution in [2.75, 3.05) is 6.54 Å². The third-order valence-corrected chi connectivity index (χ3v) is 5.25. The van der Waals surface area contributed by atoms with Crippen molar-refractivity contribution in [3.8, 4) is 0 Å². The highest BCUT2D eigenvalue weighted by atomic mass is 16.3. The van der Waals surface area contributed by atoms with E-state index in [4.69, 9.17) is 4.42 Å². The molecule has 1 atom stereocenters. The minimum absolute atomic E-state index is 0.0171. The predicted molar refractivity (Wildman–Crippen MR) is 106 cm³/mol. The number of nitrogens with one attached hydrogen (secondary N) is 2. The van der Waals surface area contributed by atoms with Crippen molar-refractivity contribution < 1.29 is 9.21 Å². The second-order valence-electron chi connectivity index (χ2n) is 7.47. The van der Waals surface area contributed by atoms with Crippen molar-refractivity contribution >= 4 is 16.9 Å². The largest absolute Gasteiger partial charge is 0.461 e. The number of benzene rings is 1. The molecule has 1 fully saturated rings. The van der Waals surface area contributed by atoms with Crippen molar-refractivity contribution in [2.24, 2.45) is 0 Å². The fourth-order valence-corrected chi connectivity index (χ4v) is 3.68. The van der Waals surface area contributed by atoms with E-state index in [1.165, 1.54) is 38.5 Å². The van der Waals surface area contributed by atoms with Crippen LogP contribution in [0.1, 0.15) is 69.6 Å². The van der Waals surface area contributed by atoms with Crippen LogP contribution in [0.5, 0.6) is 0 Å². The van der Waals surface area contributed by atoms with Crippen LogP contribution in [0.2, 0.25) is 0 Å². The molecule has 1 aromatic carbocycles. The molecule has 1 amide bonds. The summed E-state index contributed by atoms with van der Waals surface area (Å²) in [6.07, 6.45) is 10.8. The maximum Gasteiger partial charge on any atom is 0.237 e. The lowest BCUT2D eigenvalue weighted by molar-refractivity contribution is -0.122. The minimum Gasteiger partial charge on any atom is -0.461 e. The molecule has 1 aliphatic heterocycles. The van der Waals surface area contributed by atoms with Gasteiger partial charge in [-0.05, 0) is 49.6 Å². The Labute approximate surface area is 156 Å². The zero-order chi connectivity index (χ0) is 18.2. The average Bonchev–Trinajstić information content (AvgIpc) is 3.31. The lowest BCUT2D eigenvalue weighted by Crippen LogP contribution is -2.39. The Morgan fingerprint density at radius 2 is 2.04 bits per heavy atom. The van der Waals surface area contributed by atoms with Crippen LogP contribution in [-0.4, -0.2) is 18.5 Å². The summed E-state index contributed by atoms with van der Waals surface area (Å²) in [4.78, 5) is 12.1. The third-order valence-electron chi connectivity index (χ3n) is 5.25. The molecule has 1 saturated heterocycles. The van der Waals surface area contributed by atoms with Gasteiger partial charge in [-0.3, -0.25) is 4.79 Å². The van der Waals surface area contributed by atoms with Gasteiger partial charge in [-0.2, -0.15) is 0 Å². The van der Waals surface area contributed by atoms with Crippen LogP contribution in [0.3, 0.4) is 0 Å². The Balaban J connectivity index is 1.48. The van der Waals surface area contributed by atoms with E-state index in [9.17, 15) is 4.79 Å². The van der Waals surface area contributed by atoms with Gasteiger partial charge in [0.05, 0.1) is 6.04 Å². The molecule has 26 heavy (non-hydrogen) atoms. The average molecular weight is 357 g/mol. The van der Waals surface area contributed by atoms with Gasteiger partial charge < -0.3 is 15.1 Å². The lowest BCUT2D eigenvalue weighted by Gasteiger charge is -2.11. The van der Waals surface area contributed by atoms with E-state index in [1.54, 1.807) is 0 Å². The summed E-state index contributed by atoms with van der Waals surface area (Å²) in [5.74, 6) is 1.19. The number of rotatable bonds is 10. The summed E-state index contributed by atoms with van der Waals surface area (Å²) in [5.41, 5.74) is 2.06. The Morgan fingerprint density at radius 1 is 1.19 bits per heavy atom. The molecule has 2 N–H and O–H groups in total. The zero-order valence-electron chi connectivity index (χ0n) is 16.0. The maximum absolute atomic E-state index is 12.1. The first-order valence-corrected chi connectivity index (χ1v) is 10.3. The molecular formula is C22H32N2O2. The van der Waals surface area contributed by atoms with Gasteiger partial charge in [0.1, 0.15) is 11.3 Å². The van der Waals surface area contributed by atoms with Gasteiger partial charge in [-0.15, -0.1) is 0 Å². The third kappa shape index (κ3) is 5.34. The first kappa shape index (κ1) is 19.0. The van der Waals surface area contributed by atoms with Crippen LogP contribution in [0.15, 0.2) is 28.7 Å².